The first kappa shape index (κ1) is 69.2. The number of hydrogen-bond acceptors (Lipinski definition) is 0. The van der Waals surface area contributed by atoms with Crippen LogP contribution in [0.15, 0.2) is 364 Å². The van der Waals surface area contributed by atoms with Gasteiger partial charge < -0.3 is 24.8 Å². The van der Waals surface area contributed by atoms with Crippen molar-refractivity contribution in [2.75, 3.05) is 0 Å². The molecule has 0 amide bonds. The molecule has 0 aliphatic rings. The number of aryl methyl sites for hydroxylation is 4. The molecule has 0 radical (unpaired) electrons. The average Bonchev–Trinajstić information content (AvgIpc) is 1.98. The molecule has 0 bridgehead atoms. The molecule has 456 valence electrons. The molecule has 16 aromatic rings. The predicted molar refractivity (Wildman–Crippen MR) is 391 cm³/mol. The van der Waals surface area contributed by atoms with Crippen molar-refractivity contribution in [1.82, 2.24) is 0 Å². The van der Waals surface area contributed by atoms with E-state index < -0.39 is 0 Å². The third-order valence-electron chi connectivity index (χ3n) is 16.6. The monoisotopic (exact) mass is 1320 g/mol. The number of benzene rings is 12. The van der Waals surface area contributed by atoms with Crippen LogP contribution in [0.25, 0.3) is 87.6 Å². The normalized spacial score (nSPS) is 10.3. The Morgan fingerprint density at radius 3 is 0.564 bits per heavy atom. The molecule has 4 heteroatoms. The zero-order valence-electron chi connectivity index (χ0n) is 53.4. The fourth-order valence-electron chi connectivity index (χ4n) is 11.4. The van der Waals surface area contributed by atoms with E-state index in [2.05, 4.69) is 407 Å². The van der Waals surface area contributed by atoms with E-state index in [1.807, 2.05) is 24.3 Å². The first-order valence-corrected chi connectivity index (χ1v) is 32.9. The fraction of sp³-hybridized carbons (Fsp3) is 0.0444. The summed E-state index contributed by atoms with van der Waals surface area (Å²) in [5.41, 5.74) is 20.9. The summed E-state index contributed by atoms with van der Waals surface area (Å²) in [6.07, 6.45) is 0. The second-order valence-electron chi connectivity index (χ2n) is 23.0. The molecule has 0 atom stereocenters. The van der Waals surface area contributed by atoms with Crippen LogP contribution in [0.1, 0.15) is 44.5 Å². The Bertz CT molecular complexity index is 4320. The number of hydrogen-bond donors (Lipinski definition) is 0. The van der Waals surface area contributed by atoms with E-state index in [1.54, 1.807) is 0 Å². The minimum atomic E-state index is 0. The number of halogens is 2. The second-order valence-corrected chi connectivity index (χ2v) is 24.5. The molecule has 0 spiro atoms. The van der Waals surface area contributed by atoms with Crippen LogP contribution in [-0.2, 0) is 39.9 Å². The Balaban J connectivity index is 0.000000132. The molecule has 0 nitrogen and oxygen atoms in total. The van der Waals surface area contributed by atoms with E-state index in [1.165, 1.54) is 140 Å². The van der Waals surface area contributed by atoms with Gasteiger partial charge in [0.1, 0.15) is 0 Å². The van der Waals surface area contributed by atoms with Crippen LogP contribution >= 0.6 is 0 Å². The third kappa shape index (κ3) is 18.1. The van der Waals surface area contributed by atoms with E-state index in [0.717, 1.165) is 0 Å². The van der Waals surface area contributed by atoms with Gasteiger partial charge in [-0.05, 0) is 44.5 Å². The van der Waals surface area contributed by atoms with Gasteiger partial charge in [0.05, 0.1) is 0 Å². The molecule has 16 rings (SSSR count). The van der Waals surface area contributed by atoms with Gasteiger partial charge in [-0.1, -0.05) is 198 Å². The summed E-state index contributed by atoms with van der Waals surface area (Å²) in [6.45, 7) is 8.66. The molecule has 94 heavy (non-hydrogen) atoms. The maximum absolute atomic E-state index is 2.28. The summed E-state index contributed by atoms with van der Waals surface area (Å²) in [6, 6.07) is 128. The van der Waals surface area contributed by atoms with Crippen molar-refractivity contribution in [2.45, 2.75) is 27.7 Å². The van der Waals surface area contributed by atoms with Gasteiger partial charge >= 0.3 is 191 Å². The van der Waals surface area contributed by atoms with Gasteiger partial charge in [-0.25, -0.2) is 0 Å². The number of fused-ring (bicyclic) bond motifs is 4. The predicted octanol–water partition coefficient (Wildman–Crippen LogP) is 17.7. The van der Waals surface area contributed by atoms with E-state index >= 15 is 0 Å². The van der Waals surface area contributed by atoms with E-state index in [0.29, 0.717) is 0 Å². The van der Waals surface area contributed by atoms with Crippen LogP contribution in [-0.4, -0.2) is 7.62 Å². The Labute approximate surface area is 591 Å². The van der Waals surface area contributed by atoms with Crippen molar-refractivity contribution < 1.29 is 64.8 Å². The van der Waals surface area contributed by atoms with Crippen molar-refractivity contribution in [3.05, 3.63) is 408 Å². The summed E-state index contributed by atoms with van der Waals surface area (Å²) >= 11 is 4.31. The minimum absolute atomic E-state index is 0. The fourth-order valence-corrected chi connectivity index (χ4v) is 12.4. The summed E-state index contributed by atoms with van der Waals surface area (Å²) in [7, 11) is 0. The van der Waals surface area contributed by atoms with Gasteiger partial charge in [-0.3, -0.25) is 0 Å². The van der Waals surface area contributed by atoms with Gasteiger partial charge in [0, 0.05) is 0 Å². The summed E-state index contributed by atoms with van der Waals surface area (Å²) in [5.74, 6) is 0. The SMILES string of the molecule is Cc1c[cH-]c2ccc(-c3ccccc3)cc12.Cc1c[cH-]c2ccc(-c3ccccc3)cc12.Cc1c[cH-]c2ccc(-c3ccccc3)cc12.Cc1c[cH-]c2ccc(-c3ccccc3)cc12.[Cl-].[Cl-].[Ti+2]=[C](c1ccccc1)c1ccccc1.[Ti+2]=[C](c1ccccc1)c1ccccc1. The zero-order valence-corrected chi connectivity index (χ0v) is 58.0. The van der Waals surface area contributed by atoms with E-state index in [-0.39, 0.29) is 24.8 Å². The maximum atomic E-state index is 2.28. The topological polar surface area (TPSA) is 0 Å². The van der Waals surface area contributed by atoms with Crippen molar-refractivity contribution >= 4 is 50.7 Å². The van der Waals surface area contributed by atoms with Crippen LogP contribution < -0.4 is 24.8 Å². The molecule has 0 saturated carbocycles. The van der Waals surface area contributed by atoms with Gasteiger partial charge in [-0.2, -0.15) is 46.5 Å². The van der Waals surface area contributed by atoms with Gasteiger partial charge in [-0.15, -0.1) is 91.6 Å². The van der Waals surface area contributed by atoms with Gasteiger partial charge in [0.15, 0.2) is 0 Å². The van der Waals surface area contributed by atoms with Crippen LogP contribution in [0.2, 0.25) is 0 Å². The van der Waals surface area contributed by atoms with Crippen molar-refractivity contribution in [3.63, 3.8) is 0 Å². The molecule has 0 N–H and O–H groups in total. The molecule has 0 aromatic heterocycles. The summed E-state index contributed by atoms with van der Waals surface area (Å²) in [4.78, 5) is 0. The first-order valence-electron chi connectivity index (χ1n) is 31.4. The summed E-state index contributed by atoms with van der Waals surface area (Å²) < 4.78 is 2.65. The molecule has 0 aliphatic heterocycles. The number of rotatable bonds is 8. The zero-order chi connectivity index (χ0) is 63.4. The molecule has 0 heterocycles. The molecule has 0 saturated heterocycles. The molecule has 0 aliphatic carbocycles. The van der Waals surface area contributed by atoms with E-state index in [4.69, 9.17) is 0 Å². The molecule has 0 fully saturated rings. The van der Waals surface area contributed by atoms with E-state index in [9.17, 15) is 0 Å². The van der Waals surface area contributed by atoms with Crippen molar-refractivity contribution in [3.8, 4) is 44.5 Å². The average molecular weight is 1320 g/mol. The van der Waals surface area contributed by atoms with Crippen molar-refractivity contribution in [1.29, 1.82) is 0 Å². The van der Waals surface area contributed by atoms with Crippen LogP contribution in [0, 0.1) is 27.7 Å². The molecule has 16 aromatic carbocycles. The molecular weight excluding hydrogens is 1250 g/mol. The third-order valence-corrected chi connectivity index (χ3v) is 18.4. The Kier molecular flexibility index (Phi) is 25.5. The molecule has 0 unspecified atom stereocenters. The van der Waals surface area contributed by atoms with Crippen LogP contribution in [0.5, 0.6) is 0 Å². The standard InChI is InChI=1S/4C16H13.2C13H10.2ClH.2Ti/c4*1-12-7-8-14-9-10-15(11-16(12)14)13-5-3-2-4-6-13;2*1-3-7-12(8-4-1)11-13-9-5-2-6-10-13;;;;/h4*2-11H,1H3;2*1-10H;2*1H;;/q4*-1;;;;;2*+2/p-2. The Morgan fingerprint density at radius 2 is 0.383 bits per heavy atom. The Hall–Kier alpha value is -9.17. The van der Waals surface area contributed by atoms with Crippen molar-refractivity contribution in [2.24, 2.45) is 0 Å². The van der Waals surface area contributed by atoms with Gasteiger partial charge in [0.25, 0.3) is 0 Å². The second kappa shape index (κ2) is 34.7. The van der Waals surface area contributed by atoms with Crippen LogP contribution in [0.3, 0.4) is 0 Å². The molecular formula is C90H72Cl2Ti2-2. The van der Waals surface area contributed by atoms with Gasteiger partial charge in [0.2, 0.25) is 0 Å². The Morgan fingerprint density at radius 1 is 0.213 bits per heavy atom. The summed E-state index contributed by atoms with van der Waals surface area (Å²) in [5, 5.41) is 10.8. The first-order chi connectivity index (χ1) is 45.1. The quantitative estimate of drug-likeness (QED) is 0.105. The van der Waals surface area contributed by atoms with Crippen LogP contribution in [0.4, 0.5) is 0 Å².